The zero-order valence-electron chi connectivity index (χ0n) is 24.0. The summed E-state index contributed by atoms with van der Waals surface area (Å²) in [6.07, 6.45) is 1.95. The van der Waals surface area contributed by atoms with E-state index < -0.39 is 0 Å². The summed E-state index contributed by atoms with van der Waals surface area (Å²) in [5.41, 5.74) is 4.72. The van der Waals surface area contributed by atoms with E-state index in [0.717, 1.165) is 33.5 Å². The van der Waals surface area contributed by atoms with Crippen molar-refractivity contribution in [2.75, 3.05) is 20.8 Å². The first kappa shape index (κ1) is 28.4. The van der Waals surface area contributed by atoms with E-state index in [-0.39, 0.29) is 11.2 Å². The summed E-state index contributed by atoms with van der Waals surface area (Å²) in [4.78, 5) is 23.0. The van der Waals surface area contributed by atoms with Crippen molar-refractivity contribution in [2.24, 2.45) is 0 Å². The second-order valence-corrected chi connectivity index (χ2v) is 11.0. The number of thioether (sulfide) groups is 1. The van der Waals surface area contributed by atoms with Crippen molar-refractivity contribution in [3.05, 3.63) is 71.3 Å². The van der Waals surface area contributed by atoms with E-state index in [0.29, 0.717) is 54.8 Å². The number of fused-ring (bicyclic) bond motifs is 3. The molecule has 3 heterocycles. The van der Waals surface area contributed by atoms with Crippen LogP contribution in [0.1, 0.15) is 36.1 Å². The Labute approximate surface area is 243 Å². The molecule has 2 aromatic carbocycles. The number of para-hydroxylation sites is 1. The van der Waals surface area contributed by atoms with Crippen LogP contribution in [0.15, 0.2) is 53.7 Å². The number of hydrogen-bond acceptors (Lipinski definition) is 8. The van der Waals surface area contributed by atoms with Gasteiger partial charge in [0, 0.05) is 30.6 Å². The van der Waals surface area contributed by atoms with Crippen LogP contribution in [-0.2, 0) is 24.2 Å². The van der Waals surface area contributed by atoms with Crippen molar-refractivity contribution in [1.82, 2.24) is 34.7 Å². The third kappa shape index (κ3) is 6.30. The molecule has 5 rings (SSSR count). The minimum atomic E-state index is -0.334. The summed E-state index contributed by atoms with van der Waals surface area (Å²) >= 11 is 1.42. The molecule has 1 N–H and O–H groups in total. The van der Waals surface area contributed by atoms with Crippen molar-refractivity contribution in [1.29, 1.82) is 0 Å². The van der Waals surface area contributed by atoms with Crippen LogP contribution in [0.2, 0.25) is 0 Å². The normalized spacial score (nSPS) is 12.1. The molecule has 1 amide bonds. The predicted octanol–water partition coefficient (Wildman–Crippen LogP) is 4.58. The molecule has 214 valence electrons. The van der Waals surface area contributed by atoms with Crippen LogP contribution in [0.25, 0.3) is 16.6 Å². The molecular weight excluding hydrogens is 538 g/mol. The zero-order chi connectivity index (χ0) is 28.9. The molecule has 0 fully saturated rings. The molecule has 41 heavy (non-hydrogen) atoms. The van der Waals surface area contributed by atoms with Crippen LogP contribution in [0.3, 0.4) is 0 Å². The number of aromatic nitrogens is 6. The van der Waals surface area contributed by atoms with Gasteiger partial charge >= 0.3 is 0 Å². The van der Waals surface area contributed by atoms with Gasteiger partial charge < -0.3 is 14.8 Å². The van der Waals surface area contributed by atoms with Crippen LogP contribution < -0.4 is 14.8 Å². The number of benzene rings is 2. The Bertz CT molecular complexity index is 1680. The Balaban J connectivity index is 1.32. The number of nitrogens with one attached hydrogen (secondary N) is 1. The van der Waals surface area contributed by atoms with Crippen LogP contribution in [0.4, 0.5) is 0 Å². The molecule has 1 atom stereocenters. The Hall–Kier alpha value is -4.12. The highest BCUT2D eigenvalue weighted by Gasteiger charge is 2.22. The molecule has 0 radical (unpaired) electrons. The second-order valence-electron chi connectivity index (χ2n) is 9.82. The summed E-state index contributed by atoms with van der Waals surface area (Å²) in [5, 5.41) is 13.7. The molecule has 11 heteroatoms. The van der Waals surface area contributed by atoms with Crippen molar-refractivity contribution >= 4 is 34.2 Å². The van der Waals surface area contributed by atoms with Gasteiger partial charge in [-0.15, -0.1) is 5.10 Å². The minimum absolute atomic E-state index is 0.0362. The quantitative estimate of drug-likeness (QED) is 0.171. The largest absolute Gasteiger partial charge is 0.493 e. The van der Waals surface area contributed by atoms with Gasteiger partial charge in [0.05, 0.1) is 30.7 Å². The molecule has 0 aliphatic heterocycles. The van der Waals surface area contributed by atoms with Gasteiger partial charge in [0.1, 0.15) is 0 Å². The molecule has 0 aliphatic carbocycles. The lowest BCUT2D eigenvalue weighted by Gasteiger charge is -2.15. The van der Waals surface area contributed by atoms with Gasteiger partial charge in [-0.25, -0.2) is 9.97 Å². The Morgan fingerprint density at radius 2 is 1.80 bits per heavy atom. The summed E-state index contributed by atoms with van der Waals surface area (Å²) in [5.74, 6) is 2.03. The first-order valence-electron chi connectivity index (χ1n) is 13.7. The molecule has 0 bridgehead atoms. The van der Waals surface area contributed by atoms with Gasteiger partial charge in [-0.05, 0) is 62.6 Å². The summed E-state index contributed by atoms with van der Waals surface area (Å²) in [7, 11) is 3.23. The molecule has 0 aliphatic rings. The Morgan fingerprint density at radius 1 is 1.00 bits per heavy atom. The van der Waals surface area contributed by atoms with E-state index in [2.05, 4.69) is 16.5 Å². The Kier molecular flexibility index (Phi) is 8.72. The maximum absolute atomic E-state index is 13.2. The number of aryl methyl sites for hydroxylation is 4. The van der Waals surface area contributed by atoms with Gasteiger partial charge in [-0.2, -0.15) is 9.61 Å². The van der Waals surface area contributed by atoms with E-state index >= 15 is 0 Å². The first-order chi connectivity index (χ1) is 19.9. The molecule has 5 aromatic rings. The molecule has 10 nitrogen and oxygen atoms in total. The van der Waals surface area contributed by atoms with Gasteiger partial charge in [0.15, 0.2) is 28.1 Å². The molecule has 1 unspecified atom stereocenters. The number of nitrogens with zero attached hydrogens (tertiary/aromatic N) is 6. The van der Waals surface area contributed by atoms with Crippen molar-refractivity contribution in [3.8, 4) is 11.5 Å². The fourth-order valence-electron chi connectivity index (χ4n) is 4.79. The van der Waals surface area contributed by atoms with Gasteiger partial charge in [-0.1, -0.05) is 36.9 Å². The number of methoxy groups -OCH3 is 2. The number of hydrogen-bond donors (Lipinski definition) is 1. The van der Waals surface area contributed by atoms with Crippen LogP contribution in [0, 0.1) is 13.8 Å². The van der Waals surface area contributed by atoms with E-state index in [9.17, 15) is 4.79 Å². The third-order valence-electron chi connectivity index (χ3n) is 6.92. The van der Waals surface area contributed by atoms with Gasteiger partial charge in [0.25, 0.3) is 0 Å². The molecule has 3 aromatic heterocycles. The molecule has 0 saturated carbocycles. The van der Waals surface area contributed by atoms with Crippen molar-refractivity contribution in [3.63, 3.8) is 0 Å². The summed E-state index contributed by atoms with van der Waals surface area (Å²) in [6, 6.07) is 15.8. The van der Waals surface area contributed by atoms with E-state index in [1.165, 1.54) is 11.8 Å². The van der Waals surface area contributed by atoms with Crippen LogP contribution >= 0.6 is 11.8 Å². The van der Waals surface area contributed by atoms with Crippen LogP contribution in [-0.4, -0.2) is 61.3 Å². The minimum Gasteiger partial charge on any atom is -0.493 e. The van der Waals surface area contributed by atoms with E-state index in [4.69, 9.17) is 24.5 Å². The fraction of sp³-hybridized carbons (Fsp3) is 0.367. The summed E-state index contributed by atoms with van der Waals surface area (Å²) < 4.78 is 14.5. The lowest BCUT2D eigenvalue weighted by molar-refractivity contribution is -0.120. The average molecular weight is 574 g/mol. The first-order valence-corrected chi connectivity index (χ1v) is 14.6. The van der Waals surface area contributed by atoms with Gasteiger partial charge in [-0.3, -0.25) is 9.48 Å². The summed E-state index contributed by atoms with van der Waals surface area (Å²) in [6.45, 7) is 7.23. The standard InChI is InChI=1S/C30H35N7O3S/c1-6-26(29(38)31-15-13-21-11-12-24(39-4)25(18-21)40-5)41-30-32-23-10-8-7-9-22(23)28-33-27(35-37(28)30)14-16-36-20(3)17-19(2)34-36/h7-12,17-18,26H,6,13-16H2,1-5H3,(H,31,38). The monoisotopic (exact) mass is 573 g/mol. The fourth-order valence-corrected chi connectivity index (χ4v) is 5.78. The average Bonchev–Trinajstić information content (AvgIpc) is 3.56. The number of ether oxygens (including phenoxy) is 2. The number of carbonyl (C=O) groups excluding carboxylic acids is 1. The highest BCUT2D eigenvalue weighted by atomic mass is 32.2. The van der Waals surface area contributed by atoms with Gasteiger partial charge in [0.2, 0.25) is 5.91 Å². The highest BCUT2D eigenvalue weighted by molar-refractivity contribution is 8.00. The zero-order valence-corrected chi connectivity index (χ0v) is 24.9. The maximum Gasteiger partial charge on any atom is 0.233 e. The highest BCUT2D eigenvalue weighted by Crippen LogP contribution is 2.29. The maximum atomic E-state index is 13.2. The van der Waals surface area contributed by atoms with Crippen molar-refractivity contribution in [2.45, 2.75) is 57.0 Å². The number of rotatable bonds is 12. The van der Waals surface area contributed by atoms with Crippen molar-refractivity contribution < 1.29 is 14.3 Å². The SMILES string of the molecule is CCC(Sc1nc2ccccc2c2nc(CCn3nc(C)cc3C)nn12)C(=O)NCCc1ccc(OC)c(OC)c1. The predicted molar refractivity (Wildman–Crippen MR) is 160 cm³/mol. The lowest BCUT2D eigenvalue weighted by Crippen LogP contribution is -2.34. The number of amides is 1. The Morgan fingerprint density at radius 3 is 2.54 bits per heavy atom. The topological polar surface area (TPSA) is 108 Å². The van der Waals surface area contributed by atoms with Crippen LogP contribution in [0.5, 0.6) is 11.5 Å². The second kappa shape index (κ2) is 12.6. The molecular formula is C30H35N7O3S. The number of carbonyl (C=O) groups is 1. The third-order valence-corrected chi connectivity index (χ3v) is 8.22. The van der Waals surface area contributed by atoms with E-state index in [1.807, 2.05) is 67.9 Å². The van der Waals surface area contributed by atoms with E-state index in [1.54, 1.807) is 18.7 Å². The molecule has 0 spiro atoms. The smallest absolute Gasteiger partial charge is 0.233 e. The lowest BCUT2D eigenvalue weighted by atomic mass is 10.1. The molecule has 0 saturated heterocycles.